The zero-order valence-corrected chi connectivity index (χ0v) is 9.64. The van der Waals surface area contributed by atoms with Crippen molar-refractivity contribution in [2.75, 3.05) is 0 Å². The molecule has 0 atom stereocenters. The van der Waals surface area contributed by atoms with Gasteiger partial charge in [-0.15, -0.1) is 0 Å². The molecule has 0 saturated carbocycles. The van der Waals surface area contributed by atoms with Gasteiger partial charge in [-0.2, -0.15) is 0 Å². The highest BCUT2D eigenvalue weighted by Crippen LogP contribution is 2.22. The van der Waals surface area contributed by atoms with Gasteiger partial charge >= 0.3 is 0 Å². The number of hydrogen-bond acceptors (Lipinski definition) is 3. The second-order valence-electron chi connectivity index (χ2n) is 2.95. The number of rotatable bonds is 1. The third-order valence-corrected chi connectivity index (χ3v) is 3.50. The van der Waals surface area contributed by atoms with Crippen molar-refractivity contribution in [3.63, 3.8) is 0 Å². The number of fused-ring (bicyclic) bond motifs is 1. The summed E-state index contributed by atoms with van der Waals surface area (Å²) in [5, 5.41) is 1.81. The molecule has 1 heterocycles. The van der Waals surface area contributed by atoms with E-state index in [0.717, 1.165) is 5.39 Å². The van der Waals surface area contributed by atoms with E-state index in [-0.39, 0.29) is 4.90 Å². The minimum atomic E-state index is -3.70. The molecule has 2 aromatic rings. The normalized spacial score (nSPS) is 11.9. The molecule has 1 aromatic carbocycles. The average molecular weight is 262 g/mol. The van der Waals surface area contributed by atoms with Gasteiger partial charge in [0.15, 0.2) is 0 Å². The fraction of sp³-hybridized carbons (Fsp3) is 0. The molecule has 0 amide bonds. The maximum absolute atomic E-state index is 11.1. The first-order valence-corrected chi connectivity index (χ1v) is 6.65. The molecule has 2 rings (SSSR count). The van der Waals surface area contributed by atoms with Crippen LogP contribution in [0.1, 0.15) is 0 Å². The van der Waals surface area contributed by atoms with Gasteiger partial charge in [0.2, 0.25) is 0 Å². The Bertz CT molecular complexity index is 625. The minimum absolute atomic E-state index is 0.0546. The Morgan fingerprint density at radius 1 is 1.13 bits per heavy atom. The molecule has 0 N–H and O–H groups in total. The molecular formula is C9H5Cl2NO2S. The molecule has 0 aliphatic rings. The summed E-state index contributed by atoms with van der Waals surface area (Å²) in [7, 11) is 1.52. The highest BCUT2D eigenvalue weighted by atomic mass is 35.7. The van der Waals surface area contributed by atoms with Crippen LogP contribution >= 0.6 is 22.3 Å². The Hall–Kier alpha value is -0.840. The van der Waals surface area contributed by atoms with E-state index in [1.54, 1.807) is 18.3 Å². The van der Waals surface area contributed by atoms with E-state index in [4.69, 9.17) is 22.3 Å². The van der Waals surface area contributed by atoms with Crippen LogP contribution in [0.5, 0.6) is 0 Å². The van der Waals surface area contributed by atoms with E-state index in [9.17, 15) is 8.42 Å². The molecule has 0 bridgehead atoms. The van der Waals surface area contributed by atoms with Crippen LogP contribution in [0.2, 0.25) is 5.15 Å². The van der Waals surface area contributed by atoms with Gasteiger partial charge in [-0.25, -0.2) is 13.4 Å². The fourth-order valence-electron chi connectivity index (χ4n) is 1.24. The van der Waals surface area contributed by atoms with Gasteiger partial charge in [0, 0.05) is 22.3 Å². The smallest absolute Gasteiger partial charge is 0.244 e. The molecule has 1 aromatic heterocycles. The lowest BCUT2D eigenvalue weighted by Crippen LogP contribution is -1.90. The van der Waals surface area contributed by atoms with Crippen LogP contribution in [-0.2, 0) is 9.05 Å². The first kappa shape index (κ1) is 10.7. The molecule has 0 fully saturated rings. The maximum Gasteiger partial charge on any atom is 0.261 e. The molecule has 0 spiro atoms. The minimum Gasteiger partial charge on any atom is -0.244 e. The summed E-state index contributed by atoms with van der Waals surface area (Å²) in [5.74, 6) is 0. The fourth-order valence-corrected chi connectivity index (χ4v) is 2.20. The standard InChI is InChI=1S/C9H5Cl2NO2S/c10-9-4-7-3-8(15(11,13)14)2-1-6(7)5-12-9/h1-5H. The molecule has 0 aliphatic carbocycles. The summed E-state index contributed by atoms with van der Waals surface area (Å²) in [6.07, 6.45) is 1.57. The van der Waals surface area contributed by atoms with E-state index in [2.05, 4.69) is 4.98 Å². The Kier molecular flexibility index (Phi) is 2.58. The van der Waals surface area contributed by atoms with Crippen LogP contribution in [-0.4, -0.2) is 13.4 Å². The van der Waals surface area contributed by atoms with E-state index < -0.39 is 9.05 Å². The number of benzene rings is 1. The number of halogens is 2. The van der Waals surface area contributed by atoms with E-state index in [0.29, 0.717) is 10.5 Å². The lowest BCUT2D eigenvalue weighted by Gasteiger charge is -2.00. The molecule has 6 heteroatoms. The lowest BCUT2D eigenvalue weighted by atomic mass is 10.2. The number of hydrogen-bond donors (Lipinski definition) is 0. The average Bonchev–Trinajstić information content (AvgIpc) is 2.15. The second kappa shape index (κ2) is 3.63. The van der Waals surface area contributed by atoms with Gasteiger partial charge in [-0.3, -0.25) is 0 Å². The Morgan fingerprint density at radius 2 is 1.87 bits per heavy atom. The van der Waals surface area contributed by atoms with Crippen molar-refractivity contribution in [3.05, 3.63) is 35.6 Å². The highest BCUT2D eigenvalue weighted by molar-refractivity contribution is 8.13. The van der Waals surface area contributed by atoms with Crippen molar-refractivity contribution in [2.45, 2.75) is 4.90 Å². The molecule has 15 heavy (non-hydrogen) atoms. The molecule has 0 aliphatic heterocycles. The predicted octanol–water partition coefficient (Wildman–Crippen LogP) is 2.82. The zero-order valence-electron chi connectivity index (χ0n) is 7.31. The van der Waals surface area contributed by atoms with Gasteiger partial charge in [-0.1, -0.05) is 17.7 Å². The van der Waals surface area contributed by atoms with Gasteiger partial charge in [0.05, 0.1) is 4.90 Å². The lowest BCUT2D eigenvalue weighted by molar-refractivity contribution is 0.609. The van der Waals surface area contributed by atoms with E-state index in [1.807, 2.05) is 0 Å². The molecular weight excluding hydrogens is 257 g/mol. The van der Waals surface area contributed by atoms with Crippen LogP contribution in [0, 0.1) is 0 Å². The molecule has 0 saturated heterocycles. The van der Waals surface area contributed by atoms with Gasteiger partial charge in [0.25, 0.3) is 9.05 Å². The summed E-state index contributed by atoms with van der Waals surface area (Å²) in [5.41, 5.74) is 0. The third-order valence-electron chi connectivity index (χ3n) is 1.94. The third kappa shape index (κ3) is 2.22. The number of aromatic nitrogens is 1. The van der Waals surface area contributed by atoms with Crippen molar-refractivity contribution in [1.82, 2.24) is 4.98 Å². The summed E-state index contributed by atoms with van der Waals surface area (Å²) in [6, 6.07) is 6.11. The van der Waals surface area contributed by atoms with Crippen LogP contribution in [0.15, 0.2) is 35.4 Å². The van der Waals surface area contributed by atoms with Crippen LogP contribution < -0.4 is 0 Å². The Labute approximate surface area is 96.1 Å². The van der Waals surface area contributed by atoms with Crippen molar-refractivity contribution in [2.24, 2.45) is 0 Å². The predicted molar refractivity (Wildman–Crippen MR) is 59.8 cm³/mol. The zero-order chi connectivity index (χ0) is 11.1. The summed E-state index contributed by atoms with van der Waals surface area (Å²) in [6.45, 7) is 0. The summed E-state index contributed by atoms with van der Waals surface area (Å²) in [4.78, 5) is 3.94. The van der Waals surface area contributed by atoms with Crippen molar-refractivity contribution < 1.29 is 8.42 Å². The Morgan fingerprint density at radius 3 is 2.53 bits per heavy atom. The quantitative estimate of drug-likeness (QED) is 0.586. The van der Waals surface area contributed by atoms with Crippen LogP contribution in [0.4, 0.5) is 0 Å². The maximum atomic E-state index is 11.1. The van der Waals surface area contributed by atoms with Gasteiger partial charge in [-0.05, 0) is 23.6 Å². The number of nitrogens with zero attached hydrogens (tertiary/aromatic N) is 1. The molecule has 3 nitrogen and oxygen atoms in total. The van der Waals surface area contributed by atoms with Gasteiger partial charge < -0.3 is 0 Å². The van der Waals surface area contributed by atoms with Crippen LogP contribution in [0.25, 0.3) is 10.8 Å². The van der Waals surface area contributed by atoms with Crippen molar-refractivity contribution >= 4 is 42.1 Å². The number of pyridine rings is 1. The summed E-state index contributed by atoms with van der Waals surface area (Å²) >= 11 is 5.69. The van der Waals surface area contributed by atoms with Crippen LogP contribution in [0.3, 0.4) is 0 Å². The summed E-state index contributed by atoms with van der Waals surface area (Å²) < 4.78 is 22.2. The Balaban J connectivity index is 2.75. The molecule has 0 radical (unpaired) electrons. The first-order valence-electron chi connectivity index (χ1n) is 3.97. The largest absolute Gasteiger partial charge is 0.261 e. The monoisotopic (exact) mass is 261 g/mol. The van der Waals surface area contributed by atoms with E-state index >= 15 is 0 Å². The second-order valence-corrected chi connectivity index (χ2v) is 5.91. The first-order chi connectivity index (χ1) is 6.97. The van der Waals surface area contributed by atoms with Crippen molar-refractivity contribution in [3.8, 4) is 0 Å². The highest BCUT2D eigenvalue weighted by Gasteiger charge is 2.10. The van der Waals surface area contributed by atoms with E-state index in [1.165, 1.54) is 12.1 Å². The van der Waals surface area contributed by atoms with Gasteiger partial charge in [0.1, 0.15) is 5.15 Å². The SMILES string of the molecule is O=S(=O)(Cl)c1ccc2cnc(Cl)cc2c1. The molecule has 0 unspecified atom stereocenters. The van der Waals surface area contributed by atoms with Crippen molar-refractivity contribution in [1.29, 1.82) is 0 Å². The topological polar surface area (TPSA) is 47.0 Å². The molecule has 78 valence electrons.